The summed E-state index contributed by atoms with van der Waals surface area (Å²) >= 11 is 0. The molecule has 0 aromatic rings. The molecule has 0 aliphatic carbocycles. The minimum Gasteiger partial charge on any atom is -0.368 e. The van der Waals surface area contributed by atoms with Crippen molar-refractivity contribution in [1.29, 1.82) is 0 Å². The SMILES string of the molecule is CCNC(C)(CCN1CCN(C(C)(C)C)CC1)C(N)=O. The molecule has 1 unspecified atom stereocenters. The lowest BCUT2D eigenvalue weighted by Gasteiger charge is -2.43. The predicted octanol–water partition coefficient (Wildman–Crippen LogP) is 0.646. The standard InChI is InChI=1S/C15H32N4O/c1-6-17-15(5,13(16)20)7-8-18-9-11-19(12-10-18)14(2,3)4/h17H,6-12H2,1-5H3,(H2,16,20). The van der Waals surface area contributed by atoms with E-state index in [1.54, 1.807) is 0 Å². The van der Waals surface area contributed by atoms with Crippen LogP contribution in [0.2, 0.25) is 0 Å². The Bertz CT molecular complexity index is 318. The third-order valence-electron chi connectivity index (χ3n) is 4.36. The van der Waals surface area contributed by atoms with Crippen LogP contribution in [-0.2, 0) is 4.79 Å². The molecule has 20 heavy (non-hydrogen) atoms. The quantitative estimate of drug-likeness (QED) is 0.752. The molecular weight excluding hydrogens is 252 g/mol. The number of likely N-dealkylation sites (N-methyl/N-ethyl adjacent to an activating group) is 1. The van der Waals surface area contributed by atoms with Crippen LogP contribution in [0.15, 0.2) is 0 Å². The fourth-order valence-corrected chi connectivity index (χ4v) is 2.71. The largest absolute Gasteiger partial charge is 0.368 e. The van der Waals surface area contributed by atoms with Crippen molar-refractivity contribution in [3.63, 3.8) is 0 Å². The van der Waals surface area contributed by atoms with Crippen LogP contribution < -0.4 is 11.1 Å². The lowest BCUT2D eigenvalue weighted by molar-refractivity contribution is -0.124. The molecule has 1 rings (SSSR count). The zero-order valence-corrected chi connectivity index (χ0v) is 13.8. The number of nitrogens with zero attached hydrogens (tertiary/aromatic N) is 2. The van der Waals surface area contributed by atoms with Gasteiger partial charge in [0.05, 0.1) is 5.54 Å². The number of hydrogen-bond donors (Lipinski definition) is 2. The Morgan fingerprint density at radius 1 is 1.15 bits per heavy atom. The topological polar surface area (TPSA) is 61.6 Å². The second kappa shape index (κ2) is 6.87. The molecule has 1 aliphatic rings. The Hall–Kier alpha value is -0.650. The lowest BCUT2D eigenvalue weighted by atomic mass is 9.96. The van der Waals surface area contributed by atoms with E-state index in [0.29, 0.717) is 0 Å². The Morgan fingerprint density at radius 2 is 1.70 bits per heavy atom. The first kappa shape index (κ1) is 17.4. The number of carbonyl (C=O) groups excluding carboxylic acids is 1. The summed E-state index contributed by atoms with van der Waals surface area (Å²) < 4.78 is 0. The third-order valence-corrected chi connectivity index (χ3v) is 4.36. The highest BCUT2D eigenvalue weighted by atomic mass is 16.1. The summed E-state index contributed by atoms with van der Waals surface area (Å²) in [6.07, 6.45) is 0.770. The minimum atomic E-state index is -0.587. The van der Waals surface area contributed by atoms with Gasteiger partial charge in [-0.2, -0.15) is 0 Å². The first-order valence-electron chi connectivity index (χ1n) is 7.71. The Morgan fingerprint density at radius 3 is 2.10 bits per heavy atom. The average Bonchev–Trinajstić information content (AvgIpc) is 2.36. The van der Waals surface area contributed by atoms with Gasteiger partial charge in [0.15, 0.2) is 0 Å². The first-order valence-corrected chi connectivity index (χ1v) is 7.71. The van der Waals surface area contributed by atoms with Crippen molar-refractivity contribution in [1.82, 2.24) is 15.1 Å². The Kier molecular flexibility index (Phi) is 5.98. The van der Waals surface area contributed by atoms with Crippen molar-refractivity contribution < 1.29 is 4.79 Å². The van der Waals surface area contributed by atoms with Gasteiger partial charge < -0.3 is 16.0 Å². The minimum absolute atomic E-state index is 0.248. The van der Waals surface area contributed by atoms with Crippen LogP contribution in [0.5, 0.6) is 0 Å². The number of carbonyl (C=O) groups is 1. The molecule has 1 aliphatic heterocycles. The predicted molar refractivity (Wildman–Crippen MR) is 83.7 cm³/mol. The highest BCUT2D eigenvalue weighted by Crippen LogP contribution is 2.17. The van der Waals surface area contributed by atoms with Crippen LogP contribution in [0, 0.1) is 0 Å². The summed E-state index contributed by atoms with van der Waals surface area (Å²) in [6, 6.07) is 0. The van der Waals surface area contributed by atoms with Gasteiger partial charge in [0, 0.05) is 38.3 Å². The molecule has 0 aromatic carbocycles. The second-order valence-corrected chi connectivity index (χ2v) is 6.98. The summed E-state index contributed by atoms with van der Waals surface area (Å²) in [4.78, 5) is 16.5. The number of amides is 1. The van der Waals surface area contributed by atoms with Crippen LogP contribution in [0.1, 0.15) is 41.0 Å². The monoisotopic (exact) mass is 284 g/mol. The summed E-state index contributed by atoms with van der Waals surface area (Å²) in [5.41, 5.74) is 5.18. The molecule has 118 valence electrons. The molecular formula is C15H32N4O. The smallest absolute Gasteiger partial charge is 0.237 e. The Labute approximate surface area is 123 Å². The molecule has 5 nitrogen and oxygen atoms in total. The molecule has 1 amide bonds. The Balaban J connectivity index is 2.42. The number of nitrogens with one attached hydrogen (secondary N) is 1. The molecule has 5 heteroatoms. The van der Waals surface area contributed by atoms with E-state index in [2.05, 4.69) is 35.9 Å². The van der Waals surface area contributed by atoms with E-state index in [-0.39, 0.29) is 11.4 Å². The molecule has 1 fully saturated rings. The molecule has 1 saturated heterocycles. The van der Waals surface area contributed by atoms with Crippen molar-refractivity contribution >= 4 is 5.91 Å². The maximum absolute atomic E-state index is 11.6. The van der Waals surface area contributed by atoms with Crippen molar-refractivity contribution in [2.75, 3.05) is 39.3 Å². The molecule has 0 bridgehead atoms. The highest BCUT2D eigenvalue weighted by molar-refractivity contribution is 5.84. The maximum Gasteiger partial charge on any atom is 0.237 e. The summed E-state index contributed by atoms with van der Waals surface area (Å²) in [5, 5.41) is 3.22. The van der Waals surface area contributed by atoms with Gasteiger partial charge in [-0.05, 0) is 40.7 Å². The van der Waals surface area contributed by atoms with Crippen molar-refractivity contribution in [2.45, 2.75) is 52.1 Å². The summed E-state index contributed by atoms with van der Waals surface area (Å²) in [7, 11) is 0. The summed E-state index contributed by atoms with van der Waals surface area (Å²) in [6.45, 7) is 16.7. The van der Waals surface area contributed by atoms with Gasteiger partial charge in [0.1, 0.15) is 0 Å². The molecule has 1 atom stereocenters. The van der Waals surface area contributed by atoms with Gasteiger partial charge in [-0.25, -0.2) is 0 Å². The summed E-state index contributed by atoms with van der Waals surface area (Å²) in [5.74, 6) is -0.257. The second-order valence-electron chi connectivity index (χ2n) is 6.98. The van der Waals surface area contributed by atoms with Crippen LogP contribution in [0.3, 0.4) is 0 Å². The van der Waals surface area contributed by atoms with Crippen LogP contribution in [0.4, 0.5) is 0 Å². The van der Waals surface area contributed by atoms with E-state index in [0.717, 1.165) is 45.7 Å². The number of hydrogen-bond acceptors (Lipinski definition) is 4. The van der Waals surface area contributed by atoms with E-state index in [1.165, 1.54) is 0 Å². The number of nitrogens with two attached hydrogens (primary N) is 1. The van der Waals surface area contributed by atoms with Gasteiger partial charge >= 0.3 is 0 Å². The van der Waals surface area contributed by atoms with E-state index >= 15 is 0 Å². The third kappa shape index (κ3) is 4.72. The van der Waals surface area contributed by atoms with Crippen LogP contribution >= 0.6 is 0 Å². The zero-order chi connectivity index (χ0) is 15.4. The van der Waals surface area contributed by atoms with Gasteiger partial charge in [0.2, 0.25) is 5.91 Å². The molecule has 3 N–H and O–H groups in total. The van der Waals surface area contributed by atoms with Crippen molar-refractivity contribution in [2.24, 2.45) is 5.73 Å². The molecule has 0 radical (unpaired) electrons. The van der Waals surface area contributed by atoms with E-state index in [9.17, 15) is 4.79 Å². The number of primary amides is 1. The fourth-order valence-electron chi connectivity index (χ4n) is 2.71. The molecule has 1 heterocycles. The first-order chi connectivity index (χ1) is 9.19. The average molecular weight is 284 g/mol. The van der Waals surface area contributed by atoms with Crippen LogP contribution in [0.25, 0.3) is 0 Å². The number of rotatable bonds is 6. The highest BCUT2D eigenvalue weighted by Gasteiger charge is 2.31. The van der Waals surface area contributed by atoms with E-state index in [1.807, 2.05) is 13.8 Å². The van der Waals surface area contributed by atoms with Crippen LogP contribution in [-0.4, -0.2) is 66.1 Å². The molecule has 0 saturated carbocycles. The van der Waals surface area contributed by atoms with Gasteiger partial charge in [0.25, 0.3) is 0 Å². The molecule has 0 spiro atoms. The number of piperazine rings is 1. The van der Waals surface area contributed by atoms with Gasteiger partial charge in [-0.1, -0.05) is 6.92 Å². The lowest BCUT2D eigenvalue weighted by Crippen LogP contribution is -2.57. The normalized spacial score (nSPS) is 21.6. The molecule has 0 aromatic heterocycles. The van der Waals surface area contributed by atoms with Crippen molar-refractivity contribution in [3.05, 3.63) is 0 Å². The fraction of sp³-hybridized carbons (Fsp3) is 0.933. The van der Waals surface area contributed by atoms with E-state index in [4.69, 9.17) is 5.73 Å². The van der Waals surface area contributed by atoms with Gasteiger partial charge in [-0.3, -0.25) is 9.69 Å². The zero-order valence-electron chi connectivity index (χ0n) is 13.8. The van der Waals surface area contributed by atoms with Gasteiger partial charge in [-0.15, -0.1) is 0 Å². The van der Waals surface area contributed by atoms with Crippen molar-refractivity contribution in [3.8, 4) is 0 Å². The van der Waals surface area contributed by atoms with E-state index < -0.39 is 5.54 Å². The maximum atomic E-state index is 11.6.